The highest BCUT2D eigenvalue weighted by Gasteiger charge is 2.26. The van der Waals surface area contributed by atoms with Crippen LogP contribution < -0.4 is 0 Å². The largest absolute Gasteiger partial charge is 0.391 e. The lowest BCUT2D eigenvalue weighted by atomic mass is 10.1. The molecule has 1 unspecified atom stereocenters. The summed E-state index contributed by atoms with van der Waals surface area (Å²) in [4.78, 5) is 0. The average molecular weight is 357 g/mol. The van der Waals surface area contributed by atoms with Gasteiger partial charge in [0.15, 0.2) is 0 Å². The summed E-state index contributed by atoms with van der Waals surface area (Å²) in [5.74, 6) is 0. The van der Waals surface area contributed by atoms with Crippen LogP contribution >= 0.6 is 0 Å². The molecule has 1 atom stereocenters. The van der Waals surface area contributed by atoms with Gasteiger partial charge in [-0.2, -0.15) is 0 Å². The fourth-order valence-electron chi connectivity index (χ4n) is 2.83. The van der Waals surface area contributed by atoms with Crippen molar-refractivity contribution in [2.75, 3.05) is 13.2 Å². The van der Waals surface area contributed by atoms with Gasteiger partial charge in [0, 0.05) is 13.2 Å². The van der Waals surface area contributed by atoms with Crippen molar-refractivity contribution in [3.63, 3.8) is 0 Å². The summed E-state index contributed by atoms with van der Waals surface area (Å²) in [5, 5.41) is 0. The first kappa shape index (κ1) is 23.9. The van der Waals surface area contributed by atoms with E-state index in [0.717, 1.165) is 26.1 Å². The van der Waals surface area contributed by atoms with Crippen molar-refractivity contribution in [1.29, 1.82) is 0 Å². The van der Waals surface area contributed by atoms with Crippen LogP contribution in [0.3, 0.4) is 0 Å². The Balaban J connectivity index is 3.52. The first-order chi connectivity index (χ1) is 11.7. The summed E-state index contributed by atoms with van der Waals surface area (Å²) in [7, 11) is -2.12. The third-order valence-corrected chi connectivity index (χ3v) is 6.94. The molecule has 0 fully saturated rings. The molecule has 0 amide bonds. The van der Waals surface area contributed by atoms with E-state index < -0.39 is 8.56 Å². The van der Waals surface area contributed by atoms with Gasteiger partial charge in [-0.3, -0.25) is 0 Å². The summed E-state index contributed by atoms with van der Waals surface area (Å²) in [6.45, 7) is 12.3. The van der Waals surface area contributed by atoms with Crippen LogP contribution in [0.15, 0.2) is 12.3 Å². The van der Waals surface area contributed by atoms with E-state index in [9.17, 15) is 0 Å². The Labute approximate surface area is 153 Å². The number of hydrogen-bond donors (Lipinski definition) is 0. The smallest absolute Gasteiger partial charge is 0.361 e. The summed E-state index contributed by atoms with van der Waals surface area (Å²) in [6.07, 6.45) is 18.5. The number of rotatable bonds is 19. The van der Waals surface area contributed by atoms with Gasteiger partial charge in [-0.15, -0.1) is 6.58 Å². The van der Waals surface area contributed by atoms with Crippen molar-refractivity contribution in [3.8, 4) is 0 Å². The second-order valence-corrected chi connectivity index (χ2v) is 10.2. The molecule has 0 rings (SSSR count). The minimum absolute atomic E-state index is 0.832. The first-order valence-electron chi connectivity index (χ1n) is 10.6. The highest BCUT2D eigenvalue weighted by atomic mass is 28.4. The van der Waals surface area contributed by atoms with Crippen molar-refractivity contribution in [2.24, 2.45) is 0 Å². The van der Waals surface area contributed by atoms with Crippen LogP contribution in [0.2, 0.25) is 6.55 Å². The second-order valence-electron chi connectivity index (χ2n) is 7.16. The number of unbranched alkanes of at least 4 members (excludes halogenated alkanes) is 12. The van der Waals surface area contributed by atoms with Gasteiger partial charge in [-0.25, -0.2) is 0 Å². The molecule has 0 heterocycles. The van der Waals surface area contributed by atoms with Gasteiger partial charge in [-0.1, -0.05) is 90.9 Å². The molecule has 0 aliphatic rings. The van der Waals surface area contributed by atoms with Gasteiger partial charge in [0.1, 0.15) is 0 Å². The molecule has 0 spiro atoms. The summed E-state index contributed by atoms with van der Waals surface area (Å²) >= 11 is 0. The molecular formula is C21H44O2Si. The van der Waals surface area contributed by atoms with E-state index in [2.05, 4.69) is 27.0 Å². The first-order valence-corrected chi connectivity index (χ1v) is 13.0. The SMILES string of the molecule is C=C[Si](C)(OCCCCCCCC)OCCCCCCCCCC. The van der Waals surface area contributed by atoms with Gasteiger partial charge in [-0.05, 0) is 25.1 Å². The standard InChI is InChI=1S/C21H44O2Si/c1-5-8-10-12-14-15-17-19-21-23-24(4,7-3)22-20-18-16-13-11-9-6-2/h7H,3,5-6,8-21H2,1-2,4H3. The minimum Gasteiger partial charge on any atom is -0.391 e. The van der Waals surface area contributed by atoms with E-state index in [0.29, 0.717) is 0 Å². The van der Waals surface area contributed by atoms with Crippen LogP contribution in [0.4, 0.5) is 0 Å². The van der Waals surface area contributed by atoms with Crippen LogP contribution in [0.5, 0.6) is 0 Å². The lowest BCUT2D eigenvalue weighted by Gasteiger charge is -2.23. The molecule has 0 saturated carbocycles. The van der Waals surface area contributed by atoms with Gasteiger partial charge in [0.2, 0.25) is 0 Å². The molecule has 0 radical (unpaired) electrons. The molecule has 0 N–H and O–H groups in total. The molecule has 0 aromatic heterocycles. The average Bonchev–Trinajstić information content (AvgIpc) is 2.59. The normalized spacial score (nSPS) is 13.8. The van der Waals surface area contributed by atoms with Crippen LogP contribution in [-0.2, 0) is 8.85 Å². The van der Waals surface area contributed by atoms with E-state index in [1.165, 1.54) is 77.0 Å². The lowest BCUT2D eigenvalue weighted by Crippen LogP contribution is -2.37. The van der Waals surface area contributed by atoms with Gasteiger partial charge >= 0.3 is 8.56 Å². The quantitative estimate of drug-likeness (QED) is 0.178. The summed E-state index contributed by atoms with van der Waals surface area (Å²) in [6, 6.07) is 0. The van der Waals surface area contributed by atoms with Gasteiger partial charge in [0.05, 0.1) is 0 Å². The maximum atomic E-state index is 6.07. The van der Waals surface area contributed by atoms with Crippen LogP contribution in [0, 0.1) is 0 Å². The van der Waals surface area contributed by atoms with Gasteiger partial charge < -0.3 is 8.85 Å². The van der Waals surface area contributed by atoms with E-state index in [4.69, 9.17) is 8.85 Å². The fourth-order valence-corrected chi connectivity index (χ4v) is 4.25. The van der Waals surface area contributed by atoms with Crippen LogP contribution in [0.1, 0.15) is 104 Å². The number of hydrogen-bond acceptors (Lipinski definition) is 2. The van der Waals surface area contributed by atoms with Gasteiger partial charge in [0.25, 0.3) is 0 Å². The van der Waals surface area contributed by atoms with Crippen molar-refractivity contribution >= 4 is 8.56 Å². The molecule has 0 bridgehead atoms. The Kier molecular flexibility index (Phi) is 17.6. The third-order valence-electron chi connectivity index (χ3n) is 4.64. The molecule has 3 heteroatoms. The second kappa shape index (κ2) is 17.7. The molecule has 0 aromatic rings. The van der Waals surface area contributed by atoms with Crippen molar-refractivity contribution < 1.29 is 8.85 Å². The Morgan fingerprint density at radius 2 is 0.958 bits per heavy atom. The predicted molar refractivity (Wildman–Crippen MR) is 110 cm³/mol. The molecule has 0 aromatic carbocycles. The molecule has 0 aliphatic carbocycles. The highest BCUT2D eigenvalue weighted by molar-refractivity contribution is 6.71. The summed E-state index contributed by atoms with van der Waals surface area (Å²) < 4.78 is 12.1. The molecule has 2 nitrogen and oxygen atoms in total. The molecular weight excluding hydrogens is 312 g/mol. The molecule has 24 heavy (non-hydrogen) atoms. The molecule has 0 saturated heterocycles. The predicted octanol–water partition coefficient (Wildman–Crippen LogP) is 7.32. The van der Waals surface area contributed by atoms with E-state index in [-0.39, 0.29) is 0 Å². The minimum atomic E-state index is -2.12. The van der Waals surface area contributed by atoms with E-state index >= 15 is 0 Å². The lowest BCUT2D eigenvalue weighted by molar-refractivity contribution is 0.177. The van der Waals surface area contributed by atoms with Crippen molar-refractivity contribution in [2.45, 2.75) is 110 Å². The highest BCUT2D eigenvalue weighted by Crippen LogP contribution is 2.13. The Bertz CT molecular complexity index is 271. The Morgan fingerprint density at radius 3 is 1.29 bits per heavy atom. The monoisotopic (exact) mass is 356 g/mol. The Morgan fingerprint density at radius 1 is 0.625 bits per heavy atom. The molecule has 0 aliphatic heterocycles. The zero-order chi connectivity index (χ0) is 17.9. The van der Waals surface area contributed by atoms with E-state index in [1.54, 1.807) is 0 Å². The van der Waals surface area contributed by atoms with Crippen LogP contribution in [-0.4, -0.2) is 21.8 Å². The summed E-state index contributed by atoms with van der Waals surface area (Å²) in [5.41, 5.74) is 1.94. The van der Waals surface area contributed by atoms with Crippen molar-refractivity contribution in [3.05, 3.63) is 12.3 Å². The maximum Gasteiger partial charge on any atom is 0.361 e. The maximum absolute atomic E-state index is 6.07. The molecule has 144 valence electrons. The Hall–Kier alpha value is -0.123. The fraction of sp³-hybridized carbons (Fsp3) is 0.905. The third kappa shape index (κ3) is 15.4. The van der Waals surface area contributed by atoms with Crippen LogP contribution in [0.25, 0.3) is 0 Å². The zero-order valence-electron chi connectivity index (χ0n) is 16.9. The van der Waals surface area contributed by atoms with E-state index in [1.807, 2.05) is 5.70 Å². The topological polar surface area (TPSA) is 18.5 Å². The van der Waals surface area contributed by atoms with Crippen molar-refractivity contribution in [1.82, 2.24) is 0 Å². The zero-order valence-corrected chi connectivity index (χ0v) is 17.9.